The van der Waals surface area contributed by atoms with Crippen molar-refractivity contribution >= 4 is 83.8 Å². The van der Waals surface area contributed by atoms with Crippen molar-refractivity contribution in [3.8, 4) is 0 Å². The minimum absolute atomic E-state index is 0.336. The maximum absolute atomic E-state index is 14.9. The summed E-state index contributed by atoms with van der Waals surface area (Å²) in [5.74, 6) is -5.41. The Morgan fingerprint density at radius 1 is 0.533 bits per heavy atom. The lowest BCUT2D eigenvalue weighted by Gasteiger charge is -2.57. The lowest BCUT2D eigenvalue weighted by Crippen LogP contribution is -2.68. The molecule has 10 rings (SSSR count). The lowest BCUT2D eigenvalue weighted by atomic mass is 9.47. The van der Waals surface area contributed by atoms with Crippen molar-refractivity contribution in [2.75, 3.05) is 14.7 Å². The Kier molecular flexibility index (Phi) is 5.61. The van der Waals surface area contributed by atoms with Crippen molar-refractivity contribution in [2.45, 2.75) is 5.54 Å². The monoisotopic (exact) mass is 719 g/mol. The second-order valence-electron chi connectivity index (χ2n) is 12.2. The minimum Gasteiger partial charge on any atom is -0.329 e. The Morgan fingerprint density at radius 3 is 1.56 bits per heavy atom. The number of carbonyl (C=O) groups excluding carboxylic acids is 4. The molecule has 3 aliphatic heterocycles. The summed E-state index contributed by atoms with van der Waals surface area (Å²) in [5.41, 5.74) is 3.03. The number of amides is 4. The average molecular weight is 721 g/mol. The Labute approximate surface area is 275 Å². The summed E-state index contributed by atoms with van der Waals surface area (Å²) in [6, 6.07) is 31.8. The number of benzene rings is 4. The molecule has 0 aromatic heterocycles. The average Bonchev–Trinajstić information content (AvgIpc) is 3.62. The third-order valence-corrected chi connectivity index (χ3v) is 11.3. The van der Waals surface area contributed by atoms with Crippen molar-refractivity contribution < 1.29 is 19.2 Å². The van der Waals surface area contributed by atoms with Crippen LogP contribution in [0.2, 0.25) is 0 Å². The van der Waals surface area contributed by atoms with Crippen molar-refractivity contribution in [3.05, 3.63) is 124 Å². The van der Waals surface area contributed by atoms with E-state index in [2.05, 4.69) is 36.8 Å². The van der Waals surface area contributed by atoms with Crippen molar-refractivity contribution in [3.63, 3.8) is 0 Å². The SMILES string of the molecule is O=C1C2C3C=C4c5ccccc5N(c5ccccc5)C4(C2C(=O)N1c1ccc(Br)cc1)[C@H]1C(=O)N(c2ccc(Br)cc2)C(=O)[C@@H]31. The van der Waals surface area contributed by atoms with Gasteiger partial charge in [-0.05, 0) is 72.3 Å². The molecule has 3 heterocycles. The van der Waals surface area contributed by atoms with E-state index in [0.717, 1.165) is 31.5 Å². The number of halogens is 2. The molecule has 0 radical (unpaired) electrons. The van der Waals surface area contributed by atoms with Crippen LogP contribution in [0.25, 0.3) is 5.57 Å². The largest absolute Gasteiger partial charge is 0.329 e. The summed E-state index contributed by atoms with van der Waals surface area (Å²) < 4.78 is 1.65. The molecule has 6 atom stereocenters. The van der Waals surface area contributed by atoms with E-state index in [4.69, 9.17) is 0 Å². The first-order valence-electron chi connectivity index (χ1n) is 14.8. The topological polar surface area (TPSA) is 78.0 Å². The zero-order valence-corrected chi connectivity index (χ0v) is 26.7. The van der Waals surface area contributed by atoms with Gasteiger partial charge < -0.3 is 4.90 Å². The molecule has 9 heteroatoms. The molecule has 2 saturated heterocycles. The van der Waals surface area contributed by atoms with Crippen LogP contribution in [-0.2, 0) is 19.2 Å². The molecule has 7 nitrogen and oxygen atoms in total. The first-order chi connectivity index (χ1) is 21.8. The fourth-order valence-corrected chi connectivity index (χ4v) is 9.32. The van der Waals surface area contributed by atoms with Gasteiger partial charge in [0.1, 0.15) is 0 Å². The van der Waals surface area contributed by atoms with Gasteiger partial charge in [-0.1, -0.05) is 74.3 Å². The highest BCUT2D eigenvalue weighted by atomic mass is 79.9. The molecule has 6 aliphatic rings. The highest BCUT2D eigenvalue weighted by Crippen LogP contribution is 2.71. The van der Waals surface area contributed by atoms with E-state index in [9.17, 15) is 19.2 Å². The van der Waals surface area contributed by atoms with Crippen LogP contribution in [0.1, 0.15) is 5.56 Å². The normalized spacial score (nSPS) is 29.2. The molecule has 220 valence electrons. The number of nitrogens with zero attached hydrogens (tertiary/aromatic N) is 3. The smallest absolute Gasteiger partial charge is 0.240 e. The second kappa shape index (κ2) is 9.34. The number of hydrogen-bond donors (Lipinski definition) is 0. The zero-order valence-electron chi connectivity index (χ0n) is 23.5. The summed E-state index contributed by atoms with van der Waals surface area (Å²) in [5, 5.41) is 0. The molecule has 1 saturated carbocycles. The number of anilines is 4. The van der Waals surface area contributed by atoms with Gasteiger partial charge in [-0.2, -0.15) is 0 Å². The molecule has 4 aromatic rings. The molecule has 3 fully saturated rings. The summed E-state index contributed by atoms with van der Waals surface area (Å²) in [7, 11) is 0. The molecular formula is C36H23Br2N3O4. The number of para-hydroxylation sites is 2. The van der Waals surface area contributed by atoms with E-state index >= 15 is 0 Å². The number of fused-ring (bicyclic) bond motifs is 1. The molecule has 4 unspecified atom stereocenters. The Hall–Kier alpha value is -4.34. The van der Waals surface area contributed by atoms with Gasteiger partial charge in [-0.3, -0.25) is 19.2 Å². The molecule has 4 aromatic carbocycles. The van der Waals surface area contributed by atoms with Crippen molar-refractivity contribution in [1.82, 2.24) is 0 Å². The summed E-state index contributed by atoms with van der Waals surface area (Å²) in [4.78, 5) is 63.5. The molecule has 0 N–H and O–H groups in total. The van der Waals surface area contributed by atoms with Gasteiger partial charge in [-0.15, -0.1) is 0 Å². The number of imide groups is 2. The zero-order chi connectivity index (χ0) is 30.8. The quantitative estimate of drug-likeness (QED) is 0.219. The highest BCUT2D eigenvalue weighted by molar-refractivity contribution is 9.10. The van der Waals surface area contributed by atoms with Gasteiger partial charge in [0.2, 0.25) is 23.6 Å². The van der Waals surface area contributed by atoms with E-state index in [0.29, 0.717) is 11.4 Å². The molecule has 2 bridgehead atoms. The minimum atomic E-state index is -1.30. The predicted octanol–water partition coefficient (Wildman–Crippen LogP) is 6.74. The van der Waals surface area contributed by atoms with E-state index < -0.39 is 35.1 Å². The number of allylic oxidation sites excluding steroid dienone is 1. The van der Waals surface area contributed by atoms with E-state index in [1.165, 1.54) is 9.80 Å². The van der Waals surface area contributed by atoms with Gasteiger partial charge in [0.05, 0.1) is 40.6 Å². The third kappa shape index (κ3) is 3.29. The summed E-state index contributed by atoms with van der Waals surface area (Å²) in [6.07, 6.45) is 2.04. The van der Waals surface area contributed by atoms with E-state index in [-0.39, 0.29) is 23.6 Å². The van der Waals surface area contributed by atoms with Crippen molar-refractivity contribution in [2.24, 2.45) is 29.6 Å². The Morgan fingerprint density at radius 2 is 1.02 bits per heavy atom. The fraction of sp³-hybridized carbons (Fsp3) is 0.167. The van der Waals surface area contributed by atoms with E-state index in [1.54, 1.807) is 48.5 Å². The number of hydrogen-bond acceptors (Lipinski definition) is 5. The lowest BCUT2D eigenvalue weighted by molar-refractivity contribution is -0.138. The maximum atomic E-state index is 14.9. The van der Waals surface area contributed by atoms with Crippen molar-refractivity contribution in [1.29, 1.82) is 0 Å². The van der Waals surface area contributed by atoms with Crippen LogP contribution in [0.15, 0.2) is 118 Å². The van der Waals surface area contributed by atoms with Crippen LogP contribution in [0.3, 0.4) is 0 Å². The van der Waals surface area contributed by atoms with Crippen LogP contribution in [0.5, 0.6) is 0 Å². The number of carbonyl (C=O) groups is 4. The van der Waals surface area contributed by atoms with Crippen LogP contribution < -0.4 is 14.7 Å². The van der Waals surface area contributed by atoms with Crippen LogP contribution in [-0.4, -0.2) is 29.2 Å². The van der Waals surface area contributed by atoms with Gasteiger partial charge >= 0.3 is 0 Å². The molecule has 45 heavy (non-hydrogen) atoms. The van der Waals surface area contributed by atoms with Gasteiger partial charge in [0.15, 0.2) is 0 Å². The Bertz CT molecular complexity index is 1920. The van der Waals surface area contributed by atoms with E-state index in [1.807, 2.05) is 60.7 Å². The Balaban J connectivity index is 1.32. The van der Waals surface area contributed by atoms with Crippen LogP contribution in [0.4, 0.5) is 22.7 Å². The van der Waals surface area contributed by atoms with Gasteiger partial charge in [0.25, 0.3) is 0 Å². The van der Waals surface area contributed by atoms with Crippen LogP contribution >= 0.6 is 31.9 Å². The standard InChI is InChI=1S/C36H23Br2N3O4/c37-19-10-14-21(15-11-19)39-32(42)28-25-18-26-24-8-4-5-9-27(24)41(23-6-2-1-3-7-23)36(26,30(28)34(39)44)31-29(25)33(43)40(35(31)45)22-16-12-20(38)13-17-22/h1-18,25,28-31H/t25?,28-,29?,30+,31?,36?/m0/s1. The molecule has 3 aliphatic carbocycles. The highest BCUT2D eigenvalue weighted by Gasteiger charge is 2.80. The molecule has 4 amide bonds. The molecular weight excluding hydrogens is 698 g/mol. The second-order valence-corrected chi connectivity index (χ2v) is 14.0. The fourth-order valence-electron chi connectivity index (χ4n) is 8.79. The first-order valence-corrected chi connectivity index (χ1v) is 16.4. The predicted molar refractivity (Wildman–Crippen MR) is 176 cm³/mol. The first kappa shape index (κ1) is 27.0. The van der Waals surface area contributed by atoms with Crippen LogP contribution in [0, 0.1) is 29.6 Å². The van der Waals surface area contributed by atoms with Gasteiger partial charge in [-0.25, -0.2) is 9.80 Å². The maximum Gasteiger partial charge on any atom is 0.240 e. The summed E-state index contributed by atoms with van der Waals surface area (Å²) in [6.45, 7) is 0. The number of rotatable bonds is 3. The summed E-state index contributed by atoms with van der Waals surface area (Å²) >= 11 is 6.90. The third-order valence-electron chi connectivity index (χ3n) is 10.3. The van der Waals surface area contributed by atoms with Gasteiger partial charge in [0, 0.05) is 31.8 Å². The molecule has 1 spiro atoms.